The van der Waals surface area contributed by atoms with E-state index in [4.69, 9.17) is 0 Å². The Morgan fingerprint density at radius 2 is 1.88 bits per heavy atom. The number of halogens is 1. The van der Waals surface area contributed by atoms with Gasteiger partial charge in [0.05, 0.1) is 5.52 Å². The maximum Gasteiger partial charge on any atom is 0.147 e. The molecule has 0 saturated heterocycles. The molecule has 0 radical (unpaired) electrons. The van der Waals surface area contributed by atoms with Crippen LogP contribution >= 0.6 is 0 Å². The topological polar surface area (TPSA) is 19.0 Å². The summed E-state index contributed by atoms with van der Waals surface area (Å²) in [6, 6.07) is 16.2. The van der Waals surface area contributed by atoms with Crippen molar-refractivity contribution in [2.24, 2.45) is 0 Å². The Kier molecular flexibility index (Phi) is 5.16. The maximum atomic E-state index is 13.7. The molecule has 0 fully saturated rings. The summed E-state index contributed by atoms with van der Waals surface area (Å²) in [4.78, 5) is 5.53. The molecule has 1 aliphatic heterocycles. The second kappa shape index (κ2) is 7.88. The largest absolute Gasteiger partial charge is 0.359 e. The van der Waals surface area contributed by atoms with Crippen molar-refractivity contribution in [1.82, 2.24) is 9.88 Å². The molecule has 0 spiro atoms. The van der Waals surface area contributed by atoms with Gasteiger partial charge in [0, 0.05) is 24.7 Å². The highest BCUT2D eigenvalue weighted by atomic mass is 19.1. The van der Waals surface area contributed by atoms with Crippen molar-refractivity contribution < 1.29 is 4.39 Å². The first-order valence-electron chi connectivity index (χ1n) is 9.52. The number of hydrogen-bond donors (Lipinski definition) is 1. The van der Waals surface area contributed by atoms with Crippen molar-refractivity contribution >= 4 is 16.5 Å². The standard InChI is InChI=1S/C23H25FN2/c24-22-10-9-20(21-11-14-25-23(21)22)8-4-5-15-26-16-12-19(13-17-26)18-6-2-1-3-7-18/h1-3,6-7,9-12,14,25H,4-5,8,13,15-17H2. The van der Waals surface area contributed by atoms with Crippen molar-refractivity contribution in [1.29, 1.82) is 0 Å². The molecule has 2 heterocycles. The lowest BCUT2D eigenvalue weighted by Gasteiger charge is -2.26. The summed E-state index contributed by atoms with van der Waals surface area (Å²) in [5, 5.41) is 1.03. The molecule has 3 aromatic rings. The van der Waals surface area contributed by atoms with E-state index in [9.17, 15) is 4.39 Å². The third-order valence-electron chi connectivity index (χ3n) is 5.37. The average molecular weight is 348 g/mol. The number of H-pyrrole nitrogens is 1. The van der Waals surface area contributed by atoms with E-state index in [0.29, 0.717) is 5.52 Å². The van der Waals surface area contributed by atoms with Crippen LogP contribution in [0.25, 0.3) is 16.5 Å². The number of hydrogen-bond acceptors (Lipinski definition) is 1. The number of benzene rings is 2. The molecule has 0 saturated carbocycles. The van der Waals surface area contributed by atoms with Crippen LogP contribution in [0.2, 0.25) is 0 Å². The van der Waals surface area contributed by atoms with Gasteiger partial charge in [0.2, 0.25) is 0 Å². The molecule has 0 amide bonds. The minimum atomic E-state index is -0.164. The van der Waals surface area contributed by atoms with Crippen LogP contribution in [0.3, 0.4) is 0 Å². The maximum absolute atomic E-state index is 13.7. The van der Waals surface area contributed by atoms with Gasteiger partial charge in [0.1, 0.15) is 5.82 Å². The zero-order valence-corrected chi connectivity index (χ0v) is 15.0. The highest BCUT2D eigenvalue weighted by Gasteiger charge is 2.12. The fourth-order valence-electron chi connectivity index (χ4n) is 3.88. The molecule has 26 heavy (non-hydrogen) atoms. The average Bonchev–Trinajstić information content (AvgIpc) is 3.19. The van der Waals surface area contributed by atoms with Gasteiger partial charge in [0.15, 0.2) is 0 Å². The second-order valence-electron chi connectivity index (χ2n) is 7.08. The molecule has 134 valence electrons. The number of unbranched alkanes of at least 4 members (excludes halogenated alkanes) is 1. The number of nitrogens with zero attached hydrogens (tertiary/aromatic N) is 1. The van der Waals surface area contributed by atoms with Crippen LogP contribution in [0, 0.1) is 5.82 Å². The summed E-state index contributed by atoms with van der Waals surface area (Å²) in [6.07, 6.45) is 8.65. The molecular weight excluding hydrogens is 323 g/mol. The van der Waals surface area contributed by atoms with E-state index in [1.54, 1.807) is 6.07 Å². The number of aryl methyl sites for hydroxylation is 1. The molecule has 1 N–H and O–H groups in total. The van der Waals surface area contributed by atoms with Gasteiger partial charge in [-0.25, -0.2) is 4.39 Å². The first-order chi connectivity index (χ1) is 12.8. The smallest absolute Gasteiger partial charge is 0.147 e. The molecule has 0 aliphatic carbocycles. The lowest BCUT2D eigenvalue weighted by molar-refractivity contribution is 0.295. The van der Waals surface area contributed by atoms with Crippen molar-refractivity contribution in [2.45, 2.75) is 25.7 Å². The predicted octanol–water partition coefficient (Wildman–Crippen LogP) is 5.42. The van der Waals surface area contributed by atoms with Gasteiger partial charge in [-0.1, -0.05) is 42.5 Å². The molecule has 4 rings (SSSR count). The summed E-state index contributed by atoms with van der Waals surface area (Å²) < 4.78 is 13.7. The number of rotatable bonds is 6. The van der Waals surface area contributed by atoms with E-state index in [1.165, 1.54) is 23.1 Å². The highest BCUT2D eigenvalue weighted by Crippen LogP contribution is 2.24. The molecule has 1 aromatic heterocycles. The van der Waals surface area contributed by atoms with Crippen molar-refractivity contribution in [3.8, 4) is 0 Å². The monoisotopic (exact) mass is 348 g/mol. The lowest BCUT2D eigenvalue weighted by Crippen LogP contribution is -2.29. The zero-order chi connectivity index (χ0) is 17.8. The minimum Gasteiger partial charge on any atom is -0.359 e. The van der Waals surface area contributed by atoms with Crippen LogP contribution in [0.15, 0.2) is 60.8 Å². The Bertz CT molecular complexity index is 895. The van der Waals surface area contributed by atoms with Crippen LogP contribution in [-0.4, -0.2) is 29.5 Å². The van der Waals surface area contributed by atoms with Crippen LogP contribution in [0.1, 0.15) is 30.4 Å². The second-order valence-corrected chi connectivity index (χ2v) is 7.08. The lowest BCUT2D eigenvalue weighted by atomic mass is 9.99. The Labute approximate surface area is 154 Å². The molecule has 3 heteroatoms. The van der Waals surface area contributed by atoms with E-state index in [-0.39, 0.29) is 5.82 Å². The van der Waals surface area contributed by atoms with Gasteiger partial charge in [-0.2, -0.15) is 0 Å². The van der Waals surface area contributed by atoms with Gasteiger partial charge in [-0.3, -0.25) is 4.90 Å². The van der Waals surface area contributed by atoms with E-state index >= 15 is 0 Å². The first kappa shape index (κ1) is 17.0. The van der Waals surface area contributed by atoms with Crippen LogP contribution < -0.4 is 0 Å². The fraction of sp³-hybridized carbons (Fsp3) is 0.304. The van der Waals surface area contributed by atoms with Crippen molar-refractivity contribution in [3.63, 3.8) is 0 Å². The van der Waals surface area contributed by atoms with Crippen molar-refractivity contribution in [2.75, 3.05) is 19.6 Å². The first-order valence-corrected chi connectivity index (χ1v) is 9.52. The molecule has 2 nitrogen and oxygen atoms in total. The summed E-state index contributed by atoms with van der Waals surface area (Å²) in [5.74, 6) is -0.164. The molecule has 1 aliphatic rings. The third kappa shape index (κ3) is 3.73. The van der Waals surface area contributed by atoms with E-state index in [2.05, 4.69) is 46.3 Å². The van der Waals surface area contributed by atoms with Gasteiger partial charge >= 0.3 is 0 Å². The van der Waals surface area contributed by atoms with E-state index in [1.807, 2.05) is 18.3 Å². The predicted molar refractivity (Wildman–Crippen MR) is 107 cm³/mol. The Balaban J connectivity index is 1.26. The highest BCUT2D eigenvalue weighted by molar-refractivity contribution is 5.83. The van der Waals surface area contributed by atoms with Gasteiger partial charge < -0.3 is 4.98 Å². The summed E-state index contributed by atoms with van der Waals surface area (Å²) >= 11 is 0. The van der Waals surface area contributed by atoms with Crippen molar-refractivity contribution in [3.05, 3.63) is 77.7 Å². The SMILES string of the molecule is Fc1ccc(CCCCN2CC=C(c3ccccc3)CC2)c2cc[nH]c12. The van der Waals surface area contributed by atoms with Crippen LogP contribution in [0.4, 0.5) is 4.39 Å². The van der Waals surface area contributed by atoms with E-state index in [0.717, 1.165) is 44.3 Å². The van der Waals surface area contributed by atoms with Crippen LogP contribution in [0.5, 0.6) is 0 Å². The fourth-order valence-corrected chi connectivity index (χ4v) is 3.88. The van der Waals surface area contributed by atoms with Gasteiger partial charge in [-0.05, 0) is 61.1 Å². The quantitative estimate of drug-likeness (QED) is 0.589. The number of nitrogens with one attached hydrogen (secondary N) is 1. The molecule has 2 aromatic carbocycles. The van der Waals surface area contributed by atoms with Gasteiger partial charge in [0.25, 0.3) is 0 Å². The third-order valence-corrected chi connectivity index (χ3v) is 5.37. The number of fused-ring (bicyclic) bond motifs is 1. The molecule has 0 bridgehead atoms. The zero-order valence-electron chi connectivity index (χ0n) is 15.0. The molecule has 0 unspecified atom stereocenters. The number of aromatic amines is 1. The van der Waals surface area contributed by atoms with E-state index < -0.39 is 0 Å². The Hall–Kier alpha value is -2.39. The molecular formula is C23H25FN2. The minimum absolute atomic E-state index is 0.164. The Morgan fingerprint density at radius 1 is 1.00 bits per heavy atom. The normalized spacial score (nSPS) is 15.3. The molecule has 0 atom stereocenters. The summed E-state index contributed by atoms with van der Waals surface area (Å²) in [7, 11) is 0. The summed E-state index contributed by atoms with van der Waals surface area (Å²) in [6.45, 7) is 3.32. The Morgan fingerprint density at radius 3 is 2.69 bits per heavy atom. The summed E-state index contributed by atoms with van der Waals surface area (Å²) in [5.41, 5.74) is 4.71. The van der Waals surface area contributed by atoms with Gasteiger partial charge in [-0.15, -0.1) is 0 Å². The number of aromatic nitrogens is 1. The van der Waals surface area contributed by atoms with Crippen LogP contribution in [-0.2, 0) is 6.42 Å².